The van der Waals surface area contributed by atoms with Gasteiger partial charge in [-0.2, -0.15) is 0 Å². The van der Waals surface area contributed by atoms with E-state index in [1.807, 2.05) is 30.3 Å². The average Bonchev–Trinajstić information content (AvgIpc) is 2.32. The quantitative estimate of drug-likeness (QED) is 0.630. The van der Waals surface area contributed by atoms with E-state index in [1.165, 1.54) is 10.5 Å². The summed E-state index contributed by atoms with van der Waals surface area (Å²) in [6, 6.07) is 14.0. The van der Waals surface area contributed by atoms with Crippen LogP contribution in [0.1, 0.15) is 5.56 Å². The molecule has 0 amide bonds. The summed E-state index contributed by atoms with van der Waals surface area (Å²) in [5.74, 6) is 6.00. The van der Waals surface area contributed by atoms with Crippen molar-refractivity contribution >= 4 is 17.6 Å². The van der Waals surface area contributed by atoms with Gasteiger partial charge in [0, 0.05) is 4.90 Å². The molecule has 1 heterocycles. The van der Waals surface area contributed by atoms with Gasteiger partial charge >= 0.3 is 0 Å². The van der Waals surface area contributed by atoms with E-state index in [0.717, 1.165) is 5.03 Å². The van der Waals surface area contributed by atoms with Crippen LogP contribution in [-0.2, 0) is 0 Å². The standard InChI is InChI=1S/C12H13N3S/c1-9-5-2-3-6-10(9)16-12-8-4-7-11(14-12)15-13/h2-8H,13H2,1H3,(H,14,15). The Labute approximate surface area is 99.1 Å². The fourth-order valence-corrected chi connectivity index (χ4v) is 2.23. The van der Waals surface area contributed by atoms with E-state index >= 15 is 0 Å². The molecule has 0 atom stereocenters. The Kier molecular flexibility index (Phi) is 3.44. The Bertz CT molecular complexity index is 485. The molecule has 0 saturated heterocycles. The number of hydrazine groups is 1. The minimum absolute atomic E-state index is 0.679. The van der Waals surface area contributed by atoms with Crippen molar-refractivity contribution in [2.24, 2.45) is 5.84 Å². The second-order valence-electron chi connectivity index (χ2n) is 3.37. The molecule has 3 nitrogen and oxygen atoms in total. The number of pyridine rings is 1. The number of hydrogen-bond donors (Lipinski definition) is 2. The van der Waals surface area contributed by atoms with E-state index in [9.17, 15) is 0 Å². The predicted molar refractivity (Wildman–Crippen MR) is 67.3 cm³/mol. The fraction of sp³-hybridized carbons (Fsp3) is 0.0833. The number of aryl methyl sites for hydroxylation is 1. The molecule has 0 aliphatic rings. The van der Waals surface area contributed by atoms with Crippen LogP contribution in [0.3, 0.4) is 0 Å². The minimum Gasteiger partial charge on any atom is -0.308 e. The number of hydrogen-bond acceptors (Lipinski definition) is 4. The van der Waals surface area contributed by atoms with E-state index < -0.39 is 0 Å². The molecule has 1 aromatic heterocycles. The molecule has 1 aromatic carbocycles. The molecule has 0 saturated carbocycles. The van der Waals surface area contributed by atoms with Crippen molar-refractivity contribution in [2.45, 2.75) is 16.8 Å². The fourth-order valence-electron chi connectivity index (χ4n) is 1.34. The number of benzene rings is 1. The normalized spacial score (nSPS) is 10.1. The maximum Gasteiger partial charge on any atom is 0.141 e. The number of nitrogen functional groups attached to an aromatic ring is 1. The monoisotopic (exact) mass is 231 g/mol. The molecule has 2 rings (SSSR count). The molecule has 4 heteroatoms. The second kappa shape index (κ2) is 5.01. The molecule has 0 aliphatic carbocycles. The van der Waals surface area contributed by atoms with Crippen LogP contribution in [-0.4, -0.2) is 4.98 Å². The van der Waals surface area contributed by atoms with Crippen molar-refractivity contribution in [1.82, 2.24) is 4.98 Å². The summed E-state index contributed by atoms with van der Waals surface area (Å²) >= 11 is 1.64. The van der Waals surface area contributed by atoms with Crippen LogP contribution >= 0.6 is 11.8 Å². The average molecular weight is 231 g/mol. The SMILES string of the molecule is Cc1ccccc1Sc1cccc(NN)n1. The van der Waals surface area contributed by atoms with Gasteiger partial charge in [-0.15, -0.1) is 0 Å². The van der Waals surface area contributed by atoms with Crippen LogP contribution in [0, 0.1) is 6.92 Å². The van der Waals surface area contributed by atoms with Gasteiger partial charge in [0.25, 0.3) is 0 Å². The highest BCUT2D eigenvalue weighted by Gasteiger charge is 2.01. The van der Waals surface area contributed by atoms with Crippen LogP contribution in [0.4, 0.5) is 5.82 Å². The Morgan fingerprint density at radius 1 is 1.12 bits per heavy atom. The molecular formula is C12H13N3S. The number of anilines is 1. The lowest BCUT2D eigenvalue weighted by Crippen LogP contribution is -2.08. The maximum absolute atomic E-state index is 5.32. The first-order valence-electron chi connectivity index (χ1n) is 4.97. The topological polar surface area (TPSA) is 50.9 Å². The molecule has 16 heavy (non-hydrogen) atoms. The summed E-state index contributed by atoms with van der Waals surface area (Å²) in [7, 11) is 0. The first-order valence-corrected chi connectivity index (χ1v) is 5.78. The second-order valence-corrected chi connectivity index (χ2v) is 4.44. The van der Waals surface area contributed by atoms with Gasteiger partial charge in [-0.25, -0.2) is 10.8 Å². The summed E-state index contributed by atoms with van der Waals surface area (Å²) in [5.41, 5.74) is 3.79. The molecular weight excluding hydrogens is 218 g/mol. The molecule has 0 fully saturated rings. The largest absolute Gasteiger partial charge is 0.308 e. The third kappa shape index (κ3) is 2.53. The van der Waals surface area contributed by atoms with Gasteiger partial charge in [0.2, 0.25) is 0 Å². The van der Waals surface area contributed by atoms with Gasteiger partial charge in [-0.05, 0) is 30.7 Å². The lowest BCUT2D eigenvalue weighted by molar-refractivity contribution is 1.10. The summed E-state index contributed by atoms with van der Waals surface area (Å²) in [4.78, 5) is 5.57. The zero-order valence-corrected chi connectivity index (χ0v) is 9.79. The maximum atomic E-state index is 5.32. The highest BCUT2D eigenvalue weighted by atomic mass is 32.2. The van der Waals surface area contributed by atoms with E-state index in [-0.39, 0.29) is 0 Å². The highest BCUT2D eigenvalue weighted by Crippen LogP contribution is 2.28. The van der Waals surface area contributed by atoms with E-state index in [4.69, 9.17) is 5.84 Å². The summed E-state index contributed by atoms with van der Waals surface area (Å²) in [5, 5.41) is 0.935. The highest BCUT2D eigenvalue weighted by molar-refractivity contribution is 7.99. The van der Waals surface area contributed by atoms with Crippen molar-refractivity contribution in [3.8, 4) is 0 Å². The van der Waals surface area contributed by atoms with Crippen LogP contribution in [0.5, 0.6) is 0 Å². The number of rotatable bonds is 3. The van der Waals surface area contributed by atoms with Gasteiger partial charge in [0.1, 0.15) is 10.8 Å². The number of nitrogens with one attached hydrogen (secondary N) is 1. The lowest BCUT2D eigenvalue weighted by Gasteiger charge is -2.05. The van der Waals surface area contributed by atoms with Crippen LogP contribution < -0.4 is 11.3 Å². The van der Waals surface area contributed by atoms with Gasteiger partial charge in [-0.1, -0.05) is 36.0 Å². The summed E-state index contributed by atoms with van der Waals surface area (Å²) < 4.78 is 0. The number of nitrogens with zero attached hydrogens (tertiary/aromatic N) is 1. The van der Waals surface area contributed by atoms with E-state index in [0.29, 0.717) is 5.82 Å². The molecule has 3 N–H and O–H groups in total. The molecule has 82 valence electrons. The number of aromatic nitrogens is 1. The van der Waals surface area contributed by atoms with Gasteiger partial charge < -0.3 is 5.43 Å². The molecule has 0 unspecified atom stereocenters. The molecule has 0 spiro atoms. The minimum atomic E-state index is 0.679. The first-order chi connectivity index (χ1) is 7.79. The van der Waals surface area contributed by atoms with Crippen molar-refractivity contribution < 1.29 is 0 Å². The lowest BCUT2D eigenvalue weighted by atomic mass is 10.2. The Hall–Kier alpha value is -1.52. The van der Waals surface area contributed by atoms with Crippen LogP contribution in [0.15, 0.2) is 52.4 Å². The van der Waals surface area contributed by atoms with Gasteiger partial charge in [-0.3, -0.25) is 0 Å². The Balaban J connectivity index is 2.24. The van der Waals surface area contributed by atoms with E-state index in [2.05, 4.69) is 29.5 Å². The smallest absolute Gasteiger partial charge is 0.141 e. The Morgan fingerprint density at radius 3 is 2.69 bits per heavy atom. The molecule has 0 aliphatic heterocycles. The predicted octanol–water partition coefficient (Wildman–Crippen LogP) is 2.83. The van der Waals surface area contributed by atoms with Gasteiger partial charge in [0.05, 0.1) is 0 Å². The van der Waals surface area contributed by atoms with Crippen molar-refractivity contribution in [1.29, 1.82) is 0 Å². The molecule has 0 radical (unpaired) electrons. The summed E-state index contributed by atoms with van der Waals surface area (Å²) in [6.45, 7) is 2.09. The number of nitrogens with two attached hydrogens (primary N) is 1. The molecule has 2 aromatic rings. The van der Waals surface area contributed by atoms with Crippen molar-refractivity contribution in [3.63, 3.8) is 0 Å². The van der Waals surface area contributed by atoms with E-state index in [1.54, 1.807) is 11.8 Å². The zero-order valence-electron chi connectivity index (χ0n) is 8.97. The van der Waals surface area contributed by atoms with Crippen LogP contribution in [0.25, 0.3) is 0 Å². The van der Waals surface area contributed by atoms with Gasteiger partial charge in [0.15, 0.2) is 0 Å². The zero-order chi connectivity index (χ0) is 11.4. The van der Waals surface area contributed by atoms with Crippen molar-refractivity contribution in [3.05, 3.63) is 48.0 Å². The third-order valence-corrected chi connectivity index (χ3v) is 3.29. The third-order valence-electron chi connectivity index (χ3n) is 2.18. The summed E-state index contributed by atoms with van der Waals surface area (Å²) in [6.07, 6.45) is 0. The van der Waals surface area contributed by atoms with Crippen LogP contribution in [0.2, 0.25) is 0 Å². The Morgan fingerprint density at radius 2 is 1.94 bits per heavy atom. The van der Waals surface area contributed by atoms with Crippen molar-refractivity contribution in [2.75, 3.05) is 5.43 Å². The molecule has 0 bridgehead atoms. The first kappa shape index (κ1) is 11.0.